The Morgan fingerprint density at radius 1 is 1.47 bits per heavy atom. The van der Waals surface area contributed by atoms with E-state index in [0.717, 1.165) is 13.0 Å². The fraction of sp³-hybridized carbons (Fsp3) is 1.00. The van der Waals surface area contributed by atoms with E-state index in [2.05, 4.69) is 10.0 Å². The second kappa shape index (κ2) is 7.51. The summed E-state index contributed by atoms with van der Waals surface area (Å²) in [7, 11) is 1.54. The molecule has 114 valence electrons. The number of nitrogens with one attached hydrogen (secondary N) is 2. The van der Waals surface area contributed by atoms with Crippen molar-refractivity contribution in [3.63, 3.8) is 0 Å². The Bertz CT molecular complexity index is 355. The SMILES string of the molecule is CNCCCN(C)S(=O)(=O)NCC1(OC)CCOC1. The average Bonchev–Trinajstić information content (AvgIpc) is 2.86. The third-order valence-corrected chi connectivity index (χ3v) is 4.90. The monoisotopic (exact) mass is 295 g/mol. The van der Waals surface area contributed by atoms with E-state index in [9.17, 15) is 8.42 Å². The summed E-state index contributed by atoms with van der Waals surface area (Å²) in [5.74, 6) is 0. The van der Waals surface area contributed by atoms with E-state index in [0.29, 0.717) is 26.2 Å². The highest BCUT2D eigenvalue weighted by Gasteiger charge is 2.36. The number of methoxy groups -OCH3 is 1. The van der Waals surface area contributed by atoms with Crippen LogP contribution in [0.5, 0.6) is 0 Å². The Kier molecular flexibility index (Phi) is 6.64. The van der Waals surface area contributed by atoms with E-state index in [1.54, 1.807) is 14.2 Å². The van der Waals surface area contributed by atoms with Crippen LogP contribution < -0.4 is 10.0 Å². The summed E-state index contributed by atoms with van der Waals surface area (Å²) in [5.41, 5.74) is -0.529. The van der Waals surface area contributed by atoms with Gasteiger partial charge in [-0.3, -0.25) is 0 Å². The van der Waals surface area contributed by atoms with E-state index >= 15 is 0 Å². The van der Waals surface area contributed by atoms with Crippen LogP contribution in [-0.4, -0.2) is 72.4 Å². The van der Waals surface area contributed by atoms with Crippen LogP contribution in [0.15, 0.2) is 0 Å². The van der Waals surface area contributed by atoms with Gasteiger partial charge in [-0.2, -0.15) is 17.4 Å². The fourth-order valence-corrected chi connectivity index (χ4v) is 2.93. The van der Waals surface area contributed by atoms with Gasteiger partial charge in [0.15, 0.2) is 0 Å². The molecule has 0 bridgehead atoms. The minimum absolute atomic E-state index is 0.238. The number of ether oxygens (including phenoxy) is 2. The first kappa shape index (κ1) is 16.8. The van der Waals surface area contributed by atoms with E-state index < -0.39 is 15.8 Å². The molecule has 0 aliphatic carbocycles. The van der Waals surface area contributed by atoms with Gasteiger partial charge in [0.05, 0.1) is 6.61 Å². The van der Waals surface area contributed by atoms with Crippen molar-refractivity contribution in [1.29, 1.82) is 0 Å². The lowest BCUT2D eigenvalue weighted by atomic mass is 10.0. The number of hydrogen-bond acceptors (Lipinski definition) is 5. The van der Waals surface area contributed by atoms with Crippen LogP contribution in [0, 0.1) is 0 Å². The molecule has 0 aromatic carbocycles. The van der Waals surface area contributed by atoms with Gasteiger partial charge in [0.1, 0.15) is 5.60 Å². The van der Waals surface area contributed by atoms with Gasteiger partial charge in [-0.25, -0.2) is 0 Å². The molecule has 0 aromatic rings. The smallest absolute Gasteiger partial charge is 0.279 e. The Hall–Kier alpha value is -0.250. The molecule has 0 saturated carbocycles. The van der Waals surface area contributed by atoms with Crippen molar-refractivity contribution in [2.24, 2.45) is 0 Å². The molecule has 1 fully saturated rings. The summed E-state index contributed by atoms with van der Waals surface area (Å²) in [6.45, 7) is 2.54. The molecule has 1 saturated heterocycles. The third-order valence-electron chi connectivity index (χ3n) is 3.39. The second-order valence-electron chi connectivity index (χ2n) is 4.79. The summed E-state index contributed by atoms with van der Waals surface area (Å²) < 4.78 is 38.7. The predicted molar refractivity (Wildman–Crippen MR) is 73.3 cm³/mol. The molecule has 0 radical (unpaired) electrons. The van der Waals surface area contributed by atoms with Gasteiger partial charge in [0.25, 0.3) is 10.2 Å². The van der Waals surface area contributed by atoms with Gasteiger partial charge < -0.3 is 14.8 Å². The zero-order chi connectivity index (χ0) is 14.4. The Morgan fingerprint density at radius 2 is 2.21 bits per heavy atom. The molecular weight excluding hydrogens is 270 g/mol. The van der Waals surface area contributed by atoms with Crippen LogP contribution in [0.2, 0.25) is 0 Å². The molecule has 0 aromatic heterocycles. The lowest BCUT2D eigenvalue weighted by Crippen LogP contribution is -2.48. The summed E-state index contributed by atoms with van der Waals surface area (Å²) in [4.78, 5) is 0. The minimum atomic E-state index is -3.46. The topological polar surface area (TPSA) is 79.9 Å². The first-order valence-corrected chi connectivity index (χ1v) is 7.88. The molecule has 1 atom stereocenters. The number of hydrogen-bond donors (Lipinski definition) is 2. The third kappa shape index (κ3) is 4.97. The highest BCUT2D eigenvalue weighted by molar-refractivity contribution is 7.87. The highest BCUT2D eigenvalue weighted by Crippen LogP contribution is 2.21. The Balaban J connectivity index is 2.45. The average molecular weight is 295 g/mol. The maximum Gasteiger partial charge on any atom is 0.279 e. The Labute approximate surface area is 115 Å². The van der Waals surface area contributed by atoms with Gasteiger partial charge in [-0.05, 0) is 20.0 Å². The van der Waals surface area contributed by atoms with Crippen molar-refractivity contribution in [1.82, 2.24) is 14.3 Å². The summed E-state index contributed by atoms with van der Waals surface area (Å²) in [5, 5.41) is 2.99. The van der Waals surface area contributed by atoms with Crippen LogP contribution in [0.25, 0.3) is 0 Å². The number of nitrogens with zero attached hydrogens (tertiary/aromatic N) is 1. The van der Waals surface area contributed by atoms with E-state index in [4.69, 9.17) is 9.47 Å². The molecule has 8 heteroatoms. The van der Waals surface area contributed by atoms with E-state index in [-0.39, 0.29) is 6.54 Å². The summed E-state index contributed by atoms with van der Waals surface area (Å²) >= 11 is 0. The molecule has 1 rings (SSSR count). The fourth-order valence-electron chi connectivity index (χ4n) is 1.89. The minimum Gasteiger partial charge on any atom is -0.378 e. The van der Waals surface area contributed by atoms with Crippen molar-refractivity contribution < 1.29 is 17.9 Å². The molecule has 7 nitrogen and oxygen atoms in total. The van der Waals surface area contributed by atoms with Crippen molar-refractivity contribution >= 4 is 10.2 Å². The normalized spacial score (nSPS) is 24.2. The summed E-state index contributed by atoms with van der Waals surface area (Å²) in [6.07, 6.45) is 1.47. The largest absolute Gasteiger partial charge is 0.378 e. The summed E-state index contributed by atoms with van der Waals surface area (Å²) in [6, 6.07) is 0. The van der Waals surface area contributed by atoms with Crippen LogP contribution in [-0.2, 0) is 19.7 Å². The lowest BCUT2D eigenvalue weighted by Gasteiger charge is -2.27. The zero-order valence-corrected chi connectivity index (χ0v) is 12.8. The van der Waals surface area contributed by atoms with Crippen molar-refractivity contribution in [3.05, 3.63) is 0 Å². The maximum atomic E-state index is 12.0. The number of rotatable bonds is 9. The van der Waals surface area contributed by atoms with E-state index in [1.807, 2.05) is 7.05 Å². The quantitative estimate of drug-likeness (QED) is 0.543. The van der Waals surface area contributed by atoms with Crippen molar-refractivity contribution in [3.8, 4) is 0 Å². The first-order chi connectivity index (χ1) is 8.96. The van der Waals surface area contributed by atoms with Crippen molar-refractivity contribution in [2.45, 2.75) is 18.4 Å². The standard InChI is InChI=1S/C11H25N3O4S/c1-12-6-4-7-14(2)19(15,16)13-9-11(17-3)5-8-18-10-11/h12-13H,4-10H2,1-3H3. The molecule has 0 amide bonds. The van der Waals surface area contributed by atoms with Crippen molar-refractivity contribution in [2.75, 3.05) is 54.1 Å². The maximum absolute atomic E-state index is 12.0. The van der Waals surface area contributed by atoms with Gasteiger partial charge >= 0.3 is 0 Å². The van der Waals surface area contributed by atoms with Gasteiger partial charge in [0, 0.05) is 40.3 Å². The predicted octanol–water partition coefficient (Wildman–Crippen LogP) is -0.832. The zero-order valence-electron chi connectivity index (χ0n) is 11.9. The molecule has 2 N–H and O–H groups in total. The molecule has 1 aliphatic rings. The highest BCUT2D eigenvalue weighted by atomic mass is 32.2. The second-order valence-corrected chi connectivity index (χ2v) is 6.66. The first-order valence-electron chi connectivity index (χ1n) is 6.44. The van der Waals surface area contributed by atoms with Crippen LogP contribution in [0.3, 0.4) is 0 Å². The molecular formula is C11H25N3O4S. The van der Waals surface area contributed by atoms with Crippen LogP contribution >= 0.6 is 0 Å². The van der Waals surface area contributed by atoms with Gasteiger partial charge in [0.2, 0.25) is 0 Å². The molecule has 1 unspecified atom stereocenters. The van der Waals surface area contributed by atoms with E-state index in [1.165, 1.54) is 4.31 Å². The lowest BCUT2D eigenvalue weighted by molar-refractivity contribution is -0.0122. The van der Waals surface area contributed by atoms with Crippen LogP contribution in [0.4, 0.5) is 0 Å². The van der Waals surface area contributed by atoms with Gasteiger partial charge in [-0.15, -0.1) is 0 Å². The van der Waals surface area contributed by atoms with Crippen LogP contribution in [0.1, 0.15) is 12.8 Å². The molecule has 1 heterocycles. The molecule has 19 heavy (non-hydrogen) atoms. The van der Waals surface area contributed by atoms with Gasteiger partial charge in [-0.1, -0.05) is 0 Å². The Morgan fingerprint density at radius 3 is 2.74 bits per heavy atom. The molecule has 1 aliphatic heterocycles. The molecule has 0 spiro atoms.